The molecule has 1 aromatic rings. The van der Waals surface area contributed by atoms with Gasteiger partial charge in [0.2, 0.25) is 0 Å². The van der Waals surface area contributed by atoms with Crippen LogP contribution in [0.2, 0.25) is 0 Å². The van der Waals surface area contributed by atoms with Gasteiger partial charge >= 0.3 is 29.2 Å². The van der Waals surface area contributed by atoms with E-state index in [1.165, 1.54) is 0 Å². The van der Waals surface area contributed by atoms with Crippen LogP contribution >= 0.6 is 35.1 Å². The number of nitrogens with two attached hydrogens (primary N) is 2. The molecule has 7 atom stereocenters. The maximum absolute atomic E-state index is 12.1. The molecule has 1 aliphatic heterocycles. The second kappa shape index (κ2) is 9.78. The molecule has 0 spiro atoms. The number of phosphoric ester groups is 1. The summed E-state index contributed by atoms with van der Waals surface area (Å²) in [7, 11) is -17.0. The summed E-state index contributed by atoms with van der Waals surface area (Å²) < 4.78 is 52.0. The molecule has 1 fully saturated rings. The molecule has 18 nitrogen and oxygen atoms in total. The highest BCUT2D eigenvalue weighted by Crippen LogP contribution is 2.66. The van der Waals surface area contributed by atoms with Gasteiger partial charge in [-0.3, -0.25) is 4.52 Å². The number of aliphatic hydroxyl groups excluding tert-OH is 1. The molecule has 0 amide bonds. The van der Waals surface area contributed by atoms with Crippen molar-refractivity contribution in [2.45, 2.75) is 37.0 Å². The minimum atomic E-state index is -5.79. The average Bonchev–Trinajstić information content (AvgIpc) is 2.83. The van der Waals surface area contributed by atoms with Gasteiger partial charge in [0.1, 0.15) is 18.0 Å². The molecule has 1 aliphatic rings. The molecule has 186 valence electrons. The van der Waals surface area contributed by atoms with Gasteiger partial charge in [0.05, 0.1) is 12.3 Å². The smallest absolute Gasteiger partial charge is 0.387 e. The zero-order chi connectivity index (χ0) is 25.4. The highest BCUT2D eigenvalue weighted by molar-refractivity contribution is 7.66. The molecule has 2 rings (SSSR count). The van der Waals surface area contributed by atoms with Crippen molar-refractivity contribution in [2.24, 2.45) is 5.73 Å². The Morgan fingerprint density at radius 3 is 2.39 bits per heavy atom. The molecule has 1 saturated heterocycles. The van der Waals surface area contributed by atoms with Crippen LogP contribution in [0.1, 0.15) is 13.2 Å². The zero-order valence-corrected chi connectivity index (χ0v) is 19.5. The summed E-state index contributed by atoms with van der Waals surface area (Å²) in [6, 6.07) is 0. The van der Waals surface area contributed by atoms with Crippen molar-refractivity contribution in [3.8, 4) is 11.3 Å². The van der Waals surface area contributed by atoms with Gasteiger partial charge in [-0.15, -0.1) is 0 Å². The number of hydrogen-bond donors (Lipinski definition) is 7. The Morgan fingerprint density at radius 1 is 1.27 bits per heavy atom. The number of halogens is 1. The number of nitrogens with zero attached hydrogens (tertiary/aromatic N) is 3. The van der Waals surface area contributed by atoms with E-state index in [2.05, 4.69) is 29.1 Å². The Kier molecular flexibility index (Phi) is 8.30. The van der Waals surface area contributed by atoms with E-state index >= 15 is 0 Å². The fourth-order valence-corrected chi connectivity index (χ4v) is 6.05. The van der Waals surface area contributed by atoms with Crippen molar-refractivity contribution in [1.29, 1.82) is 0 Å². The Balaban J connectivity index is 2.31. The monoisotopic (exact) mass is 555 g/mol. The van der Waals surface area contributed by atoms with Crippen LogP contribution < -0.4 is 17.2 Å². The lowest BCUT2D eigenvalue weighted by Gasteiger charge is -2.27. The molecule has 0 aromatic carbocycles. The number of aliphatic hydroxyl groups is 1. The number of rotatable bonds is 8. The summed E-state index contributed by atoms with van der Waals surface area (Å²) in [5.41, 5.74) is 8.19. The van der Waals surface area contributed by atoms with Crippen LogP contribution in [0.25, 0.3) is 0 Å². The maximum Gasteiger partial charge on any atom is 0.490 e. The second-order valence-corrected chi connectivity index (χ2v) is 10.9. The fraction of sp³-hybridized carbons (Fsp3) is 0.545. The van der Waals surface area contributed by atoms with Crippen molar-refractivity contribution in [2.75, 3.05) is 5.73 Å². The van der Waals surface area contributed by atoms with Crippen molar-refractivity contribution < 1.29 is 56.3 Å². The first-order chi connectivity index (χ1) is 14.9. The SMILES string of the molecule is C[C@H](OP(=O)(O)OP(=O)(O)OP(=O)(O)O)[C@H]1O[C@@H](n2ncc(N)nc2=O)C(N)(C#CCl)[C@H]1O. The van der Waals surface area contributed by atoms with E-state index in [-0.39, 0.29) is 5.82 Å². The molecule has 3 unspecified atom stereocenters. The van der Waals surface area contributed by atoms with Crippen LogP contribution in [-0.4, -0.2) is 63.3 Å². The predicted molar refractivity (Wildman–Crippen MR) is 106 cm³/mol. The van der Waals surface area contributed by atoms with Crippen molar-refractivity contribution >= 4 is 40.9 Å². The third-order valence-corrected chi connectivity index (χ3v) is 7.92. The Hall–Kier alpha value is -1.25. The molecular weight excluding hydrogens is 539 g/mol. The molecule has 33 heavy (non-hydrogen) atoms. The van der Waals surface area contributed by atoms with Crippen molar-refractivity contribution in [3.05, 3.63) is 16.7 Å². The lowest BCUT2D eigenvalue weighted by atomic mass is 9.90. The minimum Gasteiger partial charge on any atom is -0.387 e. The van der Waals surface area contributed by atoms with E-state index in [0.29, 0.717) is 4.68 Å². The Morgan fingerprint density at radius 2 is 1.88 bits per heavy atom. The number of ether oxygens (including phenoxy) is 1. The molecule has 0 radical (unpaired) electrons. The Bertz CT molecular complexity index is 1160. The Labute approximate surface area is 188 Å². The minimum absolute atomic E-state index is 0.251. The number of hydrogen-bond acceptors (Lipinski definition) is 13. The summed E-state index contributed by atoms with van der Waals surface area (Å²) >= 11 is 5.39. The molecule has 22 heteroatoms. The first-order valence-electron chi connectivity index (χ1n) is 8.19. The molecule has 0 bridgehead atoms. The van der Waals surface area contributed by atoms with Gasteiger partial charge in [-0.2, -0.15) is 23.4 Å². The largest absolute Gasteiger partial charge is 0.490 e. The van der Waals surface area contributed by atoms with Gasteiger partial charge in [-0.1, -0.05) is 5.92 Å². The van der Waals surface area contributed by atoms with Crippen LogP contribution in [0.3, 0.4) is 0 Å². The van der Waals surface area contributed by atoms with Crippen LogP contribution in [0.5, 0.6) is 0 Å². The predicted octanol–water partition coefficient (Wildman–Crippen LogP) is -1.89. The quantitative estimate of drug-likeness (QED) is 0.136. The third kappa shape index (κ3) is 6.89. The van der Waals surface area contributed by atoms with Gasteiger partial charge in [0, 0.05) is 5.38 Å². The first-order valence-corrected chi connectivity index (χ1v) is 13.1. The molecule has 1 aromatic heterocycles. The average molecular weight is 556 g/mol. The first kappa shape index (κ1) is 28.0. The number of phosphoric acid groups is 3. The number of nitrogen functional groups attached to an aromatic ring is 1. The van der Waals surface area contributed by atoms with Gasteiger partial charge in [0.15, 0.2) is 11.8 Å². The van der Waals surface area contributed by atoms with Crippen LogP contribution in [-0.2, 0) is 31.6 Å². The van der Waals surface area contributed by atoms with E-state index in [4.69, 9.17) is 37.6 Å². The molecule has 2 heterocycles. The maximum atomic E-state index is 12.1. The third-order valence-electron chi connectivity index (χ3n) is 3.89. The van der Waals surface area contributed by atoms with E-state index in [0.717, 1.165) is 13.1 Å². The van der Waals surface area contributed by atoms with Crippen LogP contribution in [0.15, 0.2) is 11.0 Å². The zero-order valence-electron chi connectivity index (χ0n) is 16.1. The number of aromatic nitrogens is 3. The van der Waals surface area contributed by atoms with Crippen molar-refractivity contribution in [1.82, 2.24) is 14.8 Å². The summed E-state index contributed by atoms with van der Waals surface area (Å²) in [5.74, 6) is 1.97. The van der Waals surface area contributed by atoms with E-state index in [1.54, 1.807) is 0 Å². The van der Waals surface area contributed by atoms with Gasteiger partial charge in [0.25, 0.3) is 0 Å². The molecule has 9 N–H and O–H groups in total. The second-order valence-electron chi connectivity index (χ2n) is 6.36. The lowest BCUT2D eigenvalue weighted by molar-refractivity contribution is -0.0793. The van der Waals surface area contributed by atoms with Crippen molar-refractivity contribution in [3.63, 3.8) is 0 Å². The summed E-state index contributed by atoms with van der Waals surface area (Å²) in [5, 5.41) is 16.2. The van der Waals surface area contributed by atoms with Crippen LogP contribution in [0, 0.1) is 11.3 Å². The summed E-state index contributed by atoms with van der Waals surface area (Å²) in [6.07, 6.45) is -5.99. The van der Waals surface area contributed by atoms with E-state index in [9.17, 15) is 33.4 Å². The van der Waals surface area contributed by atoms with Crippen LogP contribution in [0.4, 0.5) is 5.82 Å². The highest BCUT2D eigenvalue weighted by atomic mass is 35.5. The molecule has 0 aliphatic carbocycles. The number of anilines is 1. The highest BCUT2D eigenvalue weighted by Gasteiger charge is 2.58. The topological polar surface area (TPSA) is 289 Å². The summed E-state index contributed by atoms with van der Waals surface area (Å²) in [6.45, 7) is 1.01. The standard InChI is InChI=1S/C11H17ClN5O13P3/c1-5(28-32(23,24)30-33(25,26)29-31(20,21)22)7-8(18)11(14,2-3-12)9(27-7)17-10(19)16-6(13)4-15-17/h4-5,7-9,18H,14H2,1H3,(H,23,24)(H,25,26)(H2,13,16,19)(H2,20,21,22)/t5-,7+,8-,9+,11?/m0/s1. The molecular formula is C11H17ClN5O13P3. The van der Waals surface area contributed by atoms with E-state index in [1.807, 2.05) is 5.38 Å². The normalized spacial score (nSPS) is 30.0. The van der Waals surface area contributed by atoms with Gasteiger partial charge in [-0.05, 0) is 18.5 Å². The van der Waals surface area contributed by atoms with Gasteiger partial charge in [-0.25, -0.2) is 18.5 Å². The van der Waals surface area contributed by atoms with E-state index < -0.39 is 59.2 Å². The van der Waals surface area contributed by atoms with Gasteiger partial charge < -0.3 is 40.9 Å². The summed E-state index contributed by atoms with van der Waals surface area (Å²) in [4.78, 5) is 51.6. The fourth-order valence-electron chi connectivity index (χ4n) is 2.69. The molecule has 0 saturated carbocycles. The lowest BCUT2D eigenvalue weighted by Crippen LogP contribution is -2.56.